The number of hydrogen-bond donors (Lipinski definition) is 1. The number of carbonyl (C=O) groups is 1. The topological polar surface area (TPSA) is 79.3 Å². The normalized spacial score (nSPS) is 11.7. The van der Waals surface area contributed by atoms with Crippen molar-refractivity contribution >= 4 is 23.1 Å². The molecule has 0 aliphatic carbocycles. The maximum Gasteiger partial charge on any atom is 0.335 e. The van der Waals surface area contributed by atoms with Crippen molar-refractivity contribution in [1.29, 1.82) is 0 Å². The van der Waals surface area contributed by atoms with Crippen LogP contribution < -0.4 is 0 Å². The molecular weight excluding hydrogens is 316 g/mol. The predicted molar refractivity (Wildman–Crippen MR) is 96.3 cm³/mol. The number of rotatable bonds is 4. The summed E-state index contributed by atoms with van der Waals surface area (Å²) in [6.45, 7) is 8.01. The second kappa shape index (κ2) is 6.47. The van der Waals surface area contributed by atoms with Crippen LogP contribution in [0.4, 0.5) is 11.5 Å². The molecule has 128 valence electrons. The number of carboxylic acids is 1. The van der Waals surface area contributed by atoms with Crippen LogP contribution in [0.1, 0.15) is 46.9 Å². The third-order valence-corrected chi connectivity index (χ3v) is 4.10. The highest BCUT2D eigenvalue weighted by Crippen LogP contribution is 2.31. The Morgan fingerprint density at radius 2 is 1.92 bits per heavy atom. The van der Waals surface area contributed by atoms with Crippen LogP contribution in [-0.2, 0) is 0 Å². The minimum Gasteiger partial charge on any atom is -0.478 e. The van der Waals surface area contributed by atoms with Gasteiger partial charge in [-0.3, -0.25) is 4.40 Å². The Balaban J connectivity index is 2.13. The van der Waals surface area contributed by atoms with Crippen LogP contribution in [0, 0.1) is 13.8 Å². The van der Waals surface area contributed by atoms with Gasteiger partial charge >= 0.3 is 5.97 Å². The molecule has 1 N–H and O–H groups in total. The molecular formula is C19H20N4O2. The molecule has 0 saturated carbocycles. The highest BCUT2D eigenvalue weighted by atomic mass is 16.4. The summed E-state index contributed by atoms with van der Waals surface area (Å²) in [7, 11) is 0. The van der Waals surface area contributed by atoms with Crippen molar-refractivity contribution in [3.63, 3.8) is 0 Å². The summed E-state index contributed by atoms with van der Waals surface area (Å²) in [5, 5.41) is 17.9. The monoisotopic (exact) mass is 336 g/mol. The Bertz CT molecular complexity index is 986. The van der Waals surface area contributed by atoms with E-state index in [0.717, 1.165) is 22.5 Å². The van der Waals surface area contributed by atoms with Crippen LogP contribution in [0.25, 0.3) is 5.65 Å². The van der Waals surface area contributed by atoms with E-state index in [-0.39, 0.29) is 11.5 Å². The lowest BCUT2D eigenvalue weighted by molar-refractivity contribution is 0.0697. The molecule has 0 spiro atoms. The number of azo groups is 1. The number of hydrogen-bond acceptors (Lipinski definition) is 4. The zero-order valence-corrected chi connectivity index (χ0v) is 14.7. The van der Waals surface area contributed by atoms with Crippen LogP contribution in [0.3, 0.4) is 0 Å². The lowest BCUT2D eigenvalue weighted by atomic mass is 10.1. The molecule has 1 aromatic carbocycles. The quantitative estimate of drug-likeness (QED) is 0.666. The molecule has 0 fully saturated rings. The summed E-state index contributed by atoms with van der Waals surface area (Å²) in [5.74, 6) is -0.113. The van der Waals surface area contributed by atoms with Crippen LogP contribution >= 0.6 is 0 Å². The van der Waals surface area contributed by atoms with Crippen LogP contribution in [0.2, 0.25) is 0 Å². The first-order valence-corrected chi connectivity index (χ1v) is 8.11. The van der Waals surface area contributed by atoms with Crippen LogP contribution in [-0.4, -0.2) is 20.5 Å². The first kappa shape index (κ1) is 16.8. The fourth-order valence-electron chi connectivity index (χ4n) is 2.65. The zero-order valence-electron chi connectivity index (χ0n) is 14.7. The molecule has 0 atom stereocenters. The van der Waals surface area contributed by atoms with Crippen molar-refractivity contribution in [2.75, 3.05) is 0 Å². The van der Waals surface area contributed by atoms with E-state index in [1.165, 1.54) is 6.07 Å². The van der Waals surface area contributed by atoms with E-state index in [0.29, 0.717) is 11.5 Å². The van der Waals surface area contributed by atoms with Gasteiger partial charge in [-0.1, -0.05) is 26.0 Å². The van der Waals surface area contributed by atoms with Gasteiger partial charge in [-0.25, -0.2) is 9.78 Å². The number of carboxylic acid groups (broad SMARTS) is 1. The first-order chi connectivity index (χ1) is 11.9. The number of aromatic carboxylic acids is 1. The van der Waals surface area contributed by atoms with Gasteiger partial charge in [0, 0.05) is 6.20 Å². The van der Waals surface area contributed by atoms with Gasteiger partial charge in [0.25, 0.3) is 0 Å². The predicted octanol–water partition coefficient (Wildman–Crippen LogP) is 5.19. The van der Waals surface area contributed by atoms with Gasteiger partial charge in [0.1, 0.15) is 5.65 Å². The summed E-state index contributed by atoms with van der Waals surface area (Å²) in [6, 6.07) is 8.79. The standard InChI is InChI=1S/C19H20N4O2/c1-11(2)16-18(23-9-5-6-13(4)17(23)20-16)22-21-15-10-14(19(24)25)8-7-12(15)3/h5-11H,1-4H3,(H,24,25). The van der Waals surface area contributed by atoms with Gasteiger partial charge in [0.05, 0.1) is 16.9 Å². The Hall–Kier alpha value is -3.02. The summed E-state index contributed by atoms with van der Waals surface area (Å²) >= 11 is 0. The van der Waals surface area contributed by atoms with Crippen molar-refractivity contribution < 1.29 is 9.90 Å². The summed E-state index contributed by atoms with van der Waals surface area (Å²) in [6.07, 6.45) is 1.91. The van der Waals surface area contributed by atoms with E-state index in [4.69, 9.17) is 10.1 Å². The molecule has 0 amide bonds. The SMILES string of the molecule is Cc1ccc(C(=O)O)cc1N=Nc1c(C(C)C)nc2c(C)cccn12. The zero-order chi connectivity index (χ0) is 18.1. The van der Waals surface area contributed by atoms with Crippen molar-refractivity contribution in [3.05, 3.63) is 58.9 Å². The number of imidazole rings is 1. The maximum absolute atomic E-state index is 11.2. The Kier molecular flexibility index (Phi) is 4.35. The molecule has 0 saturated heterocycles. The fraction of sp³-hybridized carbons (Fsp3) is 0.263. The Labute approximate surface area is 145 Å². The third-order valence-electron chi connectivity index (χ3n) is 4.10. The Morgan fingerprint density at radius 3 is 2.60 bits per heavy atom. The van der Waals surface area contributed by atoms with Gasteiger partial charge < -0.3 is 5.11 Å². The largest absolute Gasteiger partial charge is 0.478 e. The third kappa shape index (κ3) is 3.15. The fourth-order valence-corrected chi connectivity index (χ4v) is 2.65. The molecule has 2 aromatic heterocycles. The van der Waals surface area contributed by atoms with Crippen molar-refractivity contribution in [1.82, 2.24) is 9.38 Å². The van der Waals surface area contributed by atoms with Gasteiger partial charge in [0.15, 0.2) is 5.82 Å². The first-order valence-electron chi connectivity index (χ1n) is 8.11. The molecule has 0 aliphatic rings. The van der Waals surface area contributed by atoms with Crippen molar-refractivity contribution in [2.24, 2.45) is 10.2 Å². The highest BCUT2D eigenvalue weighted by Gasteiger charge is 2.16. The van der Waals surface area contributed by atoms with E-state index < -0.39 is 5.97 Å². The van der Waals surface area contributed by atoms with Gasteiger partial charge in [-0.05, 0) is 49.1 Å². The molecule has 3 aromatic rings. The lowest BCUT2D eigenvalue weighted by Crippen LogP contribution is -1.95. The number of nitrogens with zero attached hydrogens (tertiary/aromatic N) is 4. The minimum absolute atomic E-state index is 0.192. The van der Waals surface area contributed by atoms with Crippen molar-refractivity contribution in [2.45, 2.75) is 33.6 Å². The summed E-state index contributed by atoms with van der Waals surface area (Å²) < 4.78 is 1.92. The van der Waals surface area contributed by atoms with E-state index in [1.54, 1.807) is 12.1 Å². The van der Waals surface area contributed by atoms with E-state index in [1.807, 2.05) is 36.6 Å². The smallest absolute Gasteiger partial charge is 0.335 e. The van der Waals surface area contributed by atoms with Gasteiger partial charge in [0.2, 0.25) is 0 Å². The number of fused-ring (bicyclic) bond motifs is 1. The van der Waals surface area contributed by atoms with Crippen LogP contribution in [0.5, 0.6) is 0 Å². The Morgan fingerprint density at radius 1 is 1.16 bits per heavy atom. The van der Waals surface area contributed by atoms with E-state index in [9.17, 15) is 4.79 Å². The van der Waals surface area contributed by atoms with Crippen LogP contribution in [0.15, 0.2) is 46.8 Å². The average molecular weight is 336 g/mol. The number of aryl methyl sites for hydroxylation is 2. The molecule has 6 nitrogen and oxygen atoms in total. The summed E-state index contributed by atoms with van der Waals surface area (Å²) in [5.41, 5.74) is 4.39. The van der Waals surface area contributed by atoms with E-state index >= 15 is 0 Å². The van der Waals surface area contributed by atoms with E-state index in [2.05, 4.69) is 24.1 Å². The molecule has 2 heterocycles. The molecule has 0 bridgehead atoms. The van der Waals surface area contributed by atoms with Crippen molar-refractivity contribution in [3.8, 4) is 0 Å². The molecule has 0 unspecified atom stereocenters. The average Bonchev–Trinajstić information content (AvgIpc) is 2.94. The highest BCUT2D eigenvalue weighted by molar-refractivity contribution is 5.88. The number of benzene rings is 1. The minimum atomic E-state index is -0.982. The molecule has 25 heavy (non-hydrogen) atoms. The lowest BCUT2D eigenvalue weighted by Gasteiger charge is -2.03. The maximum atomic E-state index is 11.2. The molecule has 0 aliphatic heterocycles. The summed E-state index contributed by atoms with van der Waals surface area (Å²) in [4.78, 5) is 15.9. The molecule has 6 heteroatoms. The second-order valence-corrected chi connectivity index (χ2v) is 6.37. The number of pyridine rings is 1. The number of aromatic nitrogens is 2. The second-order valence-electron chi connectivity index (χ2n) is 6.37. The van der Waals surface area contributed by atoms with Gasteiger partial charge in [-0.15, -0.1) is 10.2 Å². The molecule has 3 rings (SSSR count). The molecule has 0 radical (unpaired) electrons. The van der Waals surface area contributed by atoms with Gasteiger partial charge in [-0.2, -0.15) is 0 Å².